The van der Waals surface area contributed by atoms with Crippen LogP contribution in [0.25, 0.3) is 6.08 Å². The average molecular weight is 277 g/mol. The molecule has 2 rings (SSSR count). The minimum Gasteiger partial charge on any atom is -0.466 e. The first-order valence-electron chi connectivity index (χ1n) is 7.34. The van der Waals surface area contributed by atoms with Gasteiger partial charge in [-0.05, 0) is 24.8 Å². The van der Waals surface area contributed by atoms with Crippen molar-refractivity contribution in [3.8, 4) is 0 Å². The van der Waals surface area contributed by atoms with Crippen LogP contribution < -0.4 is 0 Å². The summed E-state index contributed by atoms with van der Waals surface area (Å²) in [7, 11) is 1.37. The topological polar surface area (TPSA) is 57.0 Å². The van der Waals surface area contributed by atoms with E-state index in [1.165, 1.54) is 45.3 Å². The largest absolute Gasteiger partial charge is 0.466 e. The molecule has 0 spiro atoms. The summed E-state index contributed by atoms with van der Waals surface area (Å²) in [5.74, 6) is -0.0452. The van der Waals surface area contributed by atoms with Gasteiger partial charge in [0.1, 0.15) is 5.69 Å². The molecule has 1 aliphatic carbocycles. The van der Waals surface area contributed by atoms with E-state index in [9.17, 15) is 4.79 Å². The van der Waals surface area contributed by atoms with E-state index < -0.39 is 0 Å². The summed E-state index contributed by atoms with van der Waals surface area (Å²) in [4.78, 5) is 11.2. The molecule has 1 aromatic heterocycles. The molecule has 1 aliphatic rings. The van der Waals surface area contributed by atoms with E-state index in [1.54, 1.807) is 6.08 Å². The van der Waals surface area contributed by atoms with Crippen LogP contribution in [0.1, 0.15) is 69.3 Å². The molecule has 0 radical (unpaired) electrons. The van der Waals surface area contributed by atoms with E-state index in [-0.39, 0.29) is 5.97 Å². The maximum absolute atomic E-state index is 11.2. The van der Waals surface area contributed by atoms with Gasteiger partial charge in [0.25, 0.3) is 0 Å². The third kappa shape index (κ3) is 3.26. The molecule has 0 N–H and O–H groups in total. The number of carbonyl (C=O) groups is 1. The van der Waals surface area contributed by atoms with Gasteiger partial charge in [-0.25, -0.2) is 9.48 Å². The van der Waals surface area contributed by atoms with Crippen LogP contribution in [0.5, 0.6) is 0 Å². The second-order valence-electron chi connectivity index (χ2n) is 5.61. The molecule has 0 bridgehead atoms. The Bertz CT molecular complexity index is 485. The van der Waals surface area contributed by atoms with Crippen molar-refractivity contribution < 1.29 is 9.53 Å². The third-order valence-electron chi connectivity index (χ3n) is 3.80. The Morgan fingerprint density at radius 3 is 2.65 bits per heavy atom. The van der Waals surface area contributed by atoms with Gasteiger partial charge in [0.2, 0.25) is 0 Å². The summed E-state index contributed by atoms with van der Waals surface area (Å²) >= 11 is 0. The smallest absolute Gasteiger partial charge is 0.330 e. The van der Waals surface area contributed by atoms with Crippen molar-refractivity contribution in [3.63, 3.8) is 0 Å². The van der Waals surface area contributed by atoms with Crippen LogP contribution in [0.3, 0.4) is 0 Å². The molecule has 1 saturated carbocycles. The zero-order valence-corrected chi connectivity index (χ0v) is 12.5. The lowest BCUT2D eigenvalue weighted by atomic mass is 9.94. The normalized spacial score (nSPS) is 17.0. The minimum atomic E-state index is -0.369. The molecule has 110 valence electrons. The van der Waals surface area contributed by atoms with Gasteiger partial charge < -0.3 is 4.74 Å². The Kier molecular flexibility index (Phi) is 4.93. The Hall–Kier alpha value is -1.65. The van der Waals surface area contributed by atoms with E-state index in [2.05, 4.69) is 33.6 Å². The fourth-order valence-electron chi connectivity index (χ4n) is 2.80. The molecule has 0 aromatic carbocycles. The van der Waals surface area contributed by atoms with Gasteiger partial charge >= 0.3 is 5.97 Å². The molecule has 1 aromatic rings. The van der Waals surface area contributed by atoms with E-state index in [4.69, 9.17) is 0 Å². The van der Waals surface area contributed by atoms with Gasteiger partial charge in [0, 0.05) is 6.08 Å². The highest BCUT2D eigenvalue weighted by Gasteiger charge is 2.22. The lowest BCUT2D eigenvalue weighted by molar-refractivity contribution is -0.134. The second kappa shape index (κ2) is 6.68. The number of hydrogen-bond donors (Lipinski definition) is 0. The summed E-state index contributed by atoms with van der Waals surface area (Å²) in [6.07, 6.45) is 9.28. The Balaban J connectivity index is 2.27. The van der Waals surface area contributed by atoms with Crippen LogP contribution in [-0.4, -0.2) is 28.1 Å². The molecular formula is C15H23N3O2. The zero-order chi connectivity index (χ0) is 14.5. The van der Waals surface area contributed by atoms with E-state index in [1.807, 2.05) is 0 Å². The summed E-state index contributed by atoms with van der Waals surface area (Å²) in [6.45, 7) is 4.26. The standard InChI is InChI=1S/C15H23N3O2/c1-11(2)15-13(9-10-14(19)20-3)16-17-18(15)12-7-5-4-6-8-12/h9-12H,4-8H2,1-3H3/b10-9-. The molecule has 0 unspecified atom stereocenters. The van der Waals surface area contributed by atoms with Crippen molar-refractivity contribution in [2.45, 2.75) is 57.9 Å². The summed E-state index contributed by atoms with van der Waals surface area (Å²) in [5, 5.41) is 8.57. The molecule has 5 nitrogen and oxygen atoms in total. The van der Waals surface area contributed by atoms with Crippen molar-refractivity contribution in [3.05, 3.63) is 17.5 Å². The third-order valence-corrected chi connectivity index (χ3v) is 3.80. The van der Waals surface area contributed by atoms with Gasteiger partial charge in [0.15, 0.2) is 0 Å². The zero-order valence-electron chi connectivity index (χ0n) is 12.5. The monoisotopic (exact) mass is 277 g/mol. The first-order chi connectivity index (χ1) is 9.63. The molecular weight excluding hydrogens is 254 g/mol. The molecule has 0 saturated heterocycles. The predicted octanol–water partition coefficient (Wildman–Crippen LogP) is 3.09. The second-order valence-corrected chi connectivity index (χ2v) is 5.61. The quantitative estimate of drug-likeness (QED) is 0.627. The van der Waals surface area contributed by atoms with Crippen molar-refractivity contribution in [1.29, 1.82) is 0 Å². The predicted molar refractivity (Wildman–Crippen MR) is 77.3 cm³/mol. The highest BCUT2D eigenvalue weighted by molar-refractivity contribution is 5.86. The van der Waals surface area contributed by atoms with Crippen LogP contribution in [0.15, 0.2) is 6.08 Å². The van der Waals surface area contributed by atoms with Crippen LogP contribution in [-0.2, 0) is 9.53 Å². The number of hydrogen-bond acceptors (Lipinski definition) is 4. The maximum Gasteiger partial charge on any atom is 0.330 e. The maximum atomic E-state index is 11.2. The molecule has 1 heterocycles. The van der Waals surface area contributed by atoms with Crippen molar-refractivity contribution in [2.24, 2.45) is 0 Å². The van der Waals surface area contributed by atoms with Crippen LogP contribution in [0.2, 0.25) is 0 Å². The van der Waals surface area contributed by atoms with E-state index >= 15 is 0 Å². The fraction of sp³-hybridized carbons (Fsp3) is 0.667. The van der Waals surface area contributed by atoms with Crippen LogP contribution >= 0.6 is 0 Å². The number of aromatic nitrogens is 3. The molecule has 0 atom stereocenters. The van der Waals surface area contributed by atoms with Gasteiger partial charge in [-0.2, -0.15) is 0 Å². The number of nitrogens with zero attached hydrogens (tertiary/aromatic N) is 3. The van der Waals surface area contributed by atoms with Gasteiger partial charge in [-0.15, -0.1) is 5.10 Å². The molecule has 20 heavy (non-hydrogen) atoms. The lowest BCUT2D eigenvalue weighted by Crippen LogP contribution is -2.17. The lowest BCUT2D eigenvalue weighted by Gasteiger charge is -2.24. The highest BCUT2D eigenvalue weighted by atomic mass is 16.5. The number of carbonyl (C=O) groups excluding carboxylic acids is 1. The van der Waals surface area contributed by atoms with E-state index in [0.717, 1.165) is 11.4 Å². The first kappa shape index (κ1) is 14.8. The van der Waals surface area contributed by atoms with Gasteiger partial charge in [-0.1, -0.05) is 38.3 Å². The molecule has 0 amide bonds. The number of methoxy groups -OCH3 is 1. The van der Waals surface area contributed by atoms with Gasteiger partial charge in [0.05, 0.1) is 18.8 Å². The Morgan fingerprint density at radius 2 is 2.05 bits per heavy atom. The highest BCUT2D eigenvalue weighted by Crippen LogP contribution is 2.31. The summed E-state index contributed by atoms with van der Waals surface area (Å²) in [5.41, 5.74) is 1.88. The number of ether oxygens (including phenoxy) is 1. The summed E-state index contributed by atoms with van der Waals surface area (Å²) < 4.78 is 6.68. The molecule has 5 heteroatoms. The van der Waals surface area contributed by atoms with Crippen molar-refractivity contribution in [1.82, 2.24) is 15.0 Å². The van der Waals surface area contributed by atoms with Crippen molar-refractivity contribution in [2.75, 3.05) is 7.11 Å². The Morgan fingerprint density at radius 1 is 1.35 bits per heavy atom. The van der Waals surface area contributed by atoms with Crippen molar-refractivity contribution >= 4 is 12.0 Å². The first-order valence-corrected chi connectivity index (χ1v) is 7.34. The SMILES string of the molecule is COC(=O)/C=C\c1nnn(C2CCCCC2)c1C(C)C. The minimum absolute atomic E-state index is 0.323. The summed E-state index contributed by atoms with van der Waals surface area (Å²) in [6, 6.07) is 0.453. The van der Waals surface area contributed by atoms with Gasteiger partial charge in [-0.3, -0.25) is 0 Å². The fourth-order valence-corrected chi connectivity index (χ4v) is 2.80. The molecule has 1 fully saturated rings. The van der Waals surface area contributed by atoms with E-state index in [0.29, 0.717) is 12.0 Å². The number of esters is 1. The molecule has 0 aliphatic heterocycles. The number of rotatable bonds is 4. The Labute approximate surface area is 120 Å². The average Bonchev–Trinajstić information content (AvgIpc) is 2.89. The van der Waals surface area contributed by atoms with Crippen LogP contribution in [0.4, 0.5) is 0 Å². The van der Waals surface area contributed by atoms with Crippen LogP contribution in [0, 0.1) is 0 Å².